The van der Waals surface area contributed by atoms with Gasteiger partial charge < -0.3 is 0 Å². The molecule has 2 unspecified atom stereocenters. The van der Waals surface area contributed by atoms with E-state index in [2.05, 4.69) is 31.2 Å². The summed E-state index contributed by atoms with van der Waals surface area (Å²) in [7, 11) is -1.32. The summed E-state index contributed by atoms with van der Waals surface area (Å²) in [4.78, 5) is 0. The van der Waals surface area contributed by atoms with Crippen molar-refractivity contribution in [1.29, 1.82) is 0 Å². The lowest BCUT2D eigenvalue weighted by atomic mass is 9.52. The number of fused-ring (bicyclic) bond motifs is 5. The van der Waals surface area contributed by atoms with Crippen LogP contribution in [0.4, 0.5) is 22.0 Å². The summed E-state index contributed by atoms with van der Waals surface area (Å²) in [5.74, 6) is -1.08. The topological polar surface area (TPSA) is 17.1 Å². The highest BCUT2D eigenvalue weighted by Crippen LogP contribution is 2.62. The molecule has 1 aromatic carbocycles. The summed E-state index contributed by atoms with van der Waals surface area (Å²) in [5, 5.41) is 0. The van der Waals surface area contributed by atoms with Crippen LogP contribution in [-0.4, -0.2) is 27.8 Å². The molecule has 39 heavy (non-hydrogen) atoms. The summed E-state index contributed by atoms with van der Waals surface area (Å²) in [5.41, 5.74) is 3.80. The van der Waals surface area contributed by atoms with Crippen LogP contribution < -0.4 is 0 Å². The fraction of sp³-hybridized carbons (Fsp3) is 0.812. The van der Waals surface area contributed by atoms with Gasteiger partial charge in [0, 0.05) is 28.7 Å². The summed E-state index contributed by atoms with van der Waals surface area (Å²) in [6.45, 7) is 2.57. The zero-order valence-corrected chi connectivity index (χ0v) is 24.4. The molecule has 1 aromatic rings. The van der Waals surface area contributed by atoms with Crippen molar-refractivity contribution in [2.75, 3.05) is 11.5 Å². The van der Waals surface area contributed by atoms with E-state index in [1.807, 2.05) is 0 Å². The highest BCUT2D eigenvalue weighted by atomic mass is 32.2. The Labute approximate surface area is 234 Å². The molecular weight excluding hydrogens is 527 g/mol. The molecule has 0 N–H and O–H groups in total. The number of unbranched alkanes of at least 4 members (excludes halogenated alkanes) is 6. The van der Waals surface area contributed by atoms with Crippen LogP contribution in [0.15, 0.2) is 24.3 Å². The first-order chi connectivity index (χ1) is 18.5. The zero-order chi connectivity index (χ0) is 28.1. The normalized spacial score (nSPS) is 29.5. The van der Waals surface area contributed by atoms with Crippen LogP contribution in [-0.2, 0) is 17.2 Å². The Morgan fingerprint density at radius 3 is 2.28 bits per heavy atom. The number of halogens is 5. The first-order valence-corrected chi connectivity index (χ1v) is 16.9. The van der Waals surface area contributed by atoms with Gasteiger partial charge in [-0.05, 0) is 91.6 Å². The molecule has 6 atom stereocenters. The Kier molecular flexibility index (Phi) is 10.6. The van der Waals surface area contributed by atoms with E-state index in [0.29, 0.717) is 11.2 Å². The summed E-state index contributed by atoms with van der Waals surface area (Å²) >= 11 is 0. The molecule has 7 heteroatoms. The first kappa shape index (κ1) is 31.0. The van der Waals surface area contributed by atoms with Gasteiger partial charge in [-0.15, -0.1) is 0 Å². The lowest BCUT2D eigenvalue weighted by Gasteiger charge is -2.52. The molecule has 2 saturated carbocycles. The molecule has 4 rings (SSSR count). The second kappa shape index (κ2) is 13.3. The van der Waals surface area contributed by atoms with Gasteiger partial charge in [-0.2, -0.15) is 22.0 Å². The maximum atomic E-state index is 12.9. The Balaban J connectivity index is 1.11. The minimum absolute atomic E-state index is 0.0842. The second-order valence-corrected chi connectivity index (χ2v) is 14.7. The lowest BCUT2D eigenvalue weighted by Crippen LogP contribution is -2.44. The van der Waals surface area contributed by atoms with E-state index < -0.39 is 29.3 Å². The Hall–Kier alpha value is -0.980. The largest absolute Gasteiger partial charge is 0.453 e. The number of hydrogen-bond donors (Lipinski definition) is 0. The highest BCUT2D eigenvalue weighted by Gasteiger charge is 2.56. The average Bonchev–Trinajstić information content (AvgIpc) is 3.28. The number of benzene rings is 1. The van der Waals surface area contributed by atoms with Crippen molar-refractivity contribution < 1.29 is 26.2 Å². The van der Waals surface area contributed by atoms with E-state index in [1.165, 1.54) is 64.2 Å². The molecule has 0 aromatic heterocycles. The molecule has 0 heterocycles. The van der Waals surface area contributed by atoms with E-state index >= 15 is 0 Å². The van der Waals surface area contributed by atoms with E-state index in [4.69, 9.17) is 0 Å². The van der Waals surface area contributed by atoms with Crippen LogP contribution in [0.2, 0.25) is 0 Å². The van der Waals surface area contributed by atoms with Gasteiger partial charge in [-0.3, -0.25) is 4.21 Å². The molecular formula is C32H47F5OS. The van der Waals surface area contributed by atoms with Crippen molar-refractivity contribution in [3.63, 3.8) is 0 Å². The number of alkyl halides is 5. The van der Waals surface area contributed by atoms with E-state index in [0.717, 1.165) is 49.4 Å². The van der Waals surface area contributed by atoms with E-state index in [1.54, 1.807) is 11.1 Å². The minimum atomic E-state index is -5.52. The van der Waals surface area contributed by atoms with Gasteiger partial charge in [0.25, 0.3) is 0 Å². The predicted molar refractivity (Wildman–Crippen MR) is 150 cm³/mol. The number of rotatable bonds is 14. The molecule has 0 amide bonds. The highest BCUT2D eigenvalue weighted by molar-refractivity contribution is 7.84. The van der Waals surface area contributed by atoms with Crippen LogP contribution in [0, 0.1) is 23.2 Å². The predicted octanol–water partition coefficient (Wildman–Crippen LogP) is 10.0. The Morgan fingerprint density at radius 1 is 0.872 bits per heavy atom. The van der Waals surface area contributed by atoms with E-state index in [-0.39, 0.29) is 12.2 Å². The fourth-order valence-electron chi connectivity index (χ4n) is 8.25. The fourth-order valence-corrected chi connectivity index (χ4v) is 9.45. The second-order valence-electron chi connectivity index (χ2n) is 13.0. The van der Waals surface area contributed by atoms with Crippen LogP contribution >= 0.6 is 0 Å². The Morgan fingerprint density at radius 2 is 1.54 bits per heavy atom. The molecule has 0 bridgehead atoms. The van der Waals surface area contributed by atoms with E-state index in [9.17, 15) is 26.2 Å². The van der Waals surface area contributed by atoms with Crippen LogP contribution in [0.25, 0.3) is 0 Å². The molecule has 0 saturated heterocycles. The lowest BCUT2D eigenvalue weighted by molar-refractivity contribution is -0.284. The SMILES string of the molecule is C[C@@]12CCC[C@H]1[C@@H]1C(CCCCCCCCCS(=O)CCCC(F)(F)C(F)(F)F)Cc3ccccc3[C@H]1CC2. The average molecular weight is 575 g/mol. The minimum Gasteiger partial charge on any atom is -0.260 e. The van der Waals surface area contributed by atoms with Gasteiger partial charge in [0.15, 0.2) is 0 Å². The molecule has 0 radical (unpaired) electrons. The third kappa shape index (κ3) is 7.65. The smallest absolute Gasteiger partial charge is 0.260 e. The Bertz CT molecular complexity index is 947. The first-order valence-electron chi connectivity index (χ1n) is 15.4. The van der Waals surface area contributed by atoms with Crippen molar-refractivity contribution in [3.8, 4) is 0 Å². The summed E-state index contributed by atoms with van der Waals surface area (Å²) in [6.07, 6.45) is 10.0. The molecule has 1 nitrogen and oxygen atoms in total. The van der Waals surface area contributed by atoms with Gasteiger partial charge in [-0.25, -0.2) is 0 Å². The van der Waals surface area contributed by atoms with Crippen LogP contribution in [0.3, 0.4) is 0 Å². The van der Waals surface area contributed by atoms with Gasteiger partial charge in [-0.1, -0.05) is 76.1 Å². The van der Waals surface area contributed by atoms with Gasteiger partial charge >= 0.3 is 12.1 Å². The van der Waals surface area contributed by atoms with Crippen molar-refractivity contribution in [3.05, 3.63) is 35.4 Å². The van der Waals surface area contributed by atoms with Crippen molar-refractivity contribution >= 4 is 10.8 Å². The van der Waals surface area contributed by atoms with Gasteiger partial charge in [0.1, 0.15) is 0 Å². The van der Waals surface area contributed by atoms with Crippen molar-refractivity contribution in [1.82, 2.24) is 0 Å². The monoisotopic (exact) mass is 574 g/mol. The molecule has 3 aliphatic rings. The molecule has 222 valence electrons. The zero-order valence-electron chi connectivity index (χ0n) is 23.6. The van der Waals surface area contributed by atoms with Crippen molar-refractivity contribution in [2.24, 2.45) is 23.2 Å². The molecule has 0 spiro atoms. The standard InChI is InChI=1S/C32H47F5OS/c1-30-18-11-16-28(30)29-25(23-24-13-8-9-15-26(24)27(29)17-20-30)14-7-5-3-2-4-6-10-21-39(38)22-12-19-31(33,34)32(35,36)37/h8-9,13,15,25,27-29H,2-7,10-12,14,16-23H2,1H3/t25?,27-,28+,29-,30+,39?/m1/s1. The quantitative estimate of drug-likeness (QED) is 0.160. The summed E-state index contributed by atoms with van der Waals surface area (Å²) < 4.78 is 74.5. The van der Waals surface area contributed by atoms with Crippen molar-refractivity contribution in [2.45, 2.75) is 128 Å². The maximum absolute atomic E-state index is 12.9. The van der Waals surface area contributed by atoms with Gasteiger partial charge in [0.05, 0.1) is 0 Å². The maximum Gasteiger partial charge on any atom is 0.453 e. The van der Waals surface area contributed by atoms with Gasteiger partial charge in [0.2, 0.25) is 0 Å². The third-order valence-corrected chi connectivity index (χ3v) is 11.8. The summed E-state index contributed by atoms with van der Waals surface area (Å²) in [6, 6.07) is 9.21. The third-order valence-electron chi connectivity index (χ3n) is 10.3. The molecule has 3 aliphatic carbocycles. The number of hydrogen-bond acceptors (Lipinski definition) is 1. The molecule has 2 fully saturated rings. The van der Waals surface area contributed by atoms with Crippen LogP contribution in [0.5, 0.6) is 0 Å². The molecule has 0 aliphatic heterocycles. The van der Waals surface area contributed by atoms with Crippen LogP contribution in [0.1, 0.15) is 120 Å².